The molecular formula is C8H15ClO. The lowest BCUT2D eigenvalue weighted by Gasteiger charge is -2.21. The summed E-state index contributed by atoms with van der Waals surface area (Å²) in [5, 5.41) is 0. The number of rotatable bonds is 5. The van der Waals surface area contributed by atoms with Crippen LogP contribution in [-0.2, 0) is 4.74 Å². The molecule has 0 aromatic rings. The zero-order valence-corrected chi connectivity index (χ0v) is 7.45. The molecule has 0 aliphatic carbocycles. The lowest BCUT2D eigenvalue weighted by molar-refractivity contribution is 0.0952. The van der Waals surface area contributed by atoms with Gasteiger partial charge < -0.3 is 4.74 Å². The third kappa shape index (κ3) is 3.23. The second kappa shape index (κ2) is 4.75. The van der Waals surface area contributed by atoms with Crippen LogP contribution < -0.4 is 0 Å². The topological polar surface area (TPSA) is 9.23 Å². The Morgan fingerprint density at radius 3 is 2.60 bits per heavy atom. The summed E-state index contributed by atoms with van der Waals surface area (Å²) in [5.74, 6) is 0.566. The van der Waals surface area contributed by atoms with E-state index < -0.39 is 0 Å². The number of halogens is 1. The molecule has 0 aliphatic heterocycles. The molecule has 0 aliphatic rings. The van der Waals surface area contributed by atoms with Crippen LogP contribution in [0, 0.1) is 5.41 Å². The summed E-state index contributed by atoms with van der Waals surface area (Å²) in [7, 11) is 0. The number of hydrogen-bond donors (Lipinski definition) is 0. The van der Waals surface area contributed by atoms with Gasteiger partial charge in [-0.3, -0.25) is 0 Å². The highest BCUT2D eigenvalue weighted by Crippen LogP contribution is 2.19. The molecule has 10 heavy (non-hydrogen) atoms. The first-order valence-corrected chi connectivity index (χ1v) is 3.99. The fraction of sp³-hybridized carbons (Fsp3) is 0.750. The molecular weight excluding hydrogens is 148 g/mol. The summed E-state index contributed by atoms with van der Waals surface area (Å²) < 4.78 is 5.22. The summed E-state index contributed by atoms with van der Waals surface area (Å²) in [4.78, 5) is 0. The van der Waals surface area contributed by atoms with Crippen molar-refractivity contribution < 1.29 is 4.74 Å². The van der Waals surface area contributed by atoms with Crippen molar-refractivity contribution in [1.82, 2.24) is 0 Å². The summed E-state index contributed by atoms with van der Waals surface area (Å²) >= 11 is 5.69. The first-order valence-electron chi connectivity index (χ1n) is 3.46. The van der Waals surface area contributed by atoms with Gasteiger partial charge in [-0.05, 0) is 6.92 Å². The summed E-state index contributed by atoms with van der Waals surface area (Å²) in [6.45, 7) is 9.09. The molecule has 60 valence electrons. The zero-order chi connectivity index (χ0) is 8.04. The standard InChI is InChI=1S/C8H15ClO/c1-4-8(3,6-9)7-10-5-2/h4H,1,5-7H2,2-3H3. The van der Waals surface area contributed by atoms with E-state index in [1.807, 2.05) is 19.9 Å². The molecule has 0 aromatic carbocycles. The van der Waals surface area contributed by atoms with E-state index in [4.69, 9.17) is 16.3 Å². The van der Waals surface area contributed by atoms with Gasteiger partial charge in [-0.1, -0.05) is 13.0 Å². The molecule has 2 heteroatoms. The van der Waals surface area contributed by atoms with Crippen LogP contribution in [0.3, 0.4) is 0 Å². The fourth-order valence-corrected chi connectivity index (χ4v) is 0.674. The van der Waals surface area contributed by atoms with Crippen LogP contribution in [0.15, 0.2) is 12.7 Å². The monoisotopic (exact) mass is 162 g/mol. The maximum absolute atomic E-state index is 5.69. The van der Waals surface area contributed by atoms with Gasteiger partial charge in [0.1, 0.15) is 0 Å². The summed E-state index contributed by atoms with van der Waals surface area (Å²) in [6, 6.07) is 0. The van der Waals surface area contributed by atoms with Gasteiger partial charge in [0, 0.05) is 17.9 Å². The Bertz CT molecular complexity index is 103. The molecule has 0 fully saturated rings. The van der Waals surface area contributed by atoms with Gasteiger partial charge in [-0.25, -0.2) is 0 Å². The van der Waals surface area contributed by atoms with Gasteiger partial charge in [-0.15, -0.1) is 18.2 Å². The van der Waals surface area contributed by atoms with E-state index in [2.05, 4.69) is 6.58 Å². The Hall–Kier alpha value is -0.0100. The van der Waals surface area contributed by atoms with E-state index in [0.717, 1.165) is 6.61 Å². The van der Waals surface area contributed by atoms with Gasteiger partial charge in [0.15, 0.2) is 0 Å². The average molecular weight is 163 g/mol. The van der Waals surface area contributed by atoms with Crippen molar-refractivity contribution in [3.8, 4) is 0 Å². The second-order valence-electron chi connectivity index (χ2n) is 2.63. The molecule has 0 spiro atoms. The van der Waals surface area contributed by atoms with E-state index in [-0.39, 0.29) is 5.41 Å². The van der Waals surface area contributed by atoms with E-state index in [9.17, 15) is 0 Å². The summed E-state index contributed by atoms with van der Waals surface area (Å²) in [6.07, 6.45) is 1.84. The van der Waals surface area contributed by atoms with Crippen LogP contribution in [0.25, 0.3) is 0 Å². The van der Waals surface area contributed by atoms with E-state index in [0.29, 0.717) is 12.5 Å². The van der Waals surface area contributed by atoms with Crippen molar-refractivity contribution in [2.75, 3.05) is 19.1 Å². The van der Waals surface area contributed by atoms with Gasteiger partial charge >= 0.3 is 0 Å². The lowest BCUT2D eigenvalue weighted by Crippen LogP contribution is -2.22. The Balaban J connectivity index is 3.68. The van der Waals surface area contributed by atoms with E-state index in [1.54, 1.807) is 0 Å². The van der Waals surface area contributed by atoms with Crippen LogP contribution >= 0.6 is 11.6 Å². The highest BCUT2D eigenvalue weighted by Gasteiger charge is 2.18. The third-order valence-corrected chi connectivity index (χ3v) is 2.04. The summed E-state index contributed by atoms with van der Waals surface area (Å²) in [5.41, 5.74) is -0.0580. The smallest absolute Gasteiger partial charge is 0.0565 e. The zero-order valence-electron chi connectivity index (χ0n) is 6.69. The molecule has 1 atom stereocenters. The van der Waals surface area contributed by atoms with Crippen molar-refractivity contribution in [3.63, 3.8) is 0 Å². The van der Waals surface area contributed by atoms with Crippen LogP contribution in [-0.4, -0.2) is 19.1 Å². The lowest BCUT2D eigenvalue weighted by atomic mass is 9.95. The van der Waals surface area contributed by atoms with Crippen LogP contribution in [0.1, 0.15) is 13.8 Å². The van der Waals surface area contributed by atoms with E-state index >= 15 is 0 Å². The van der Waals surface area contributed by atoms with Gasteiger partial charge in [0.25, 0.3) is 0 Å². The molecule has 0 aromatic heterocycles. The van der Waals surface area contributed by atoms with Gasteiger partial charge in [0.05, 0.1) is 6.61 Å². The molecule has 0 radical (unpaired) electrons. The van der Waals surface area contributed by atoms with E-state index in [1.165, 1.54) is 0 Å². The predicted octanol–water partition coefficient (Wildman–Crippen LogP) is 2.45. The van der Waals surface area contributed by atoms with Crippen molar-refractivity contribution in [1.29, 1.82) is 0 Å². The largest absolute Gasteiger partial charge is 0.381 e. The molecule has 1 nitrogen and oxygen atoms in total. The average Bonchev–Trinajstić information content (AvgIpc) is 2.00. The van der Waals surface area contributed by atoms with Crippen LogP contribution in [0.4, 0.5) is 0 Å². The van der Waals surface area contributed by atoms with Crippen LogP contribution in [0.5, 0.6) is 0 Å². The number of ether oxygens (including phenoxy) is 1. The quantitative estimate of drug-likeness (QED) is 0.446. The first kappa shape index (κ1) is 9.99. The molecule has 0 rings (SSSR count). The SMILES string of the molecule is C=CC(C)(CCl)COCC. The Kier molecular flexibility index (Phi) is 4.75. The fourth-order valence-electron chi connectivity index (χ4n) is 0.487. The van der Waals surface area contributed by atoms with Crippen molar-refractivity contribution in [3.05, 3.63) is 12.7 Å². The van der Waals surface area contributed by atoms with Crippen molar-refractivity contribution in [2.24, 2.45) is 5.41 Å². The highest BCUT2D eigenvalue weighted by molar-refractivity contribution is 6.18. The molecule has 1 unspecified atom stereocenters. The van der Waals surface area contributed by atoms with Gasteiger partial charge in [-0.2, -0.15) is 0 Å². The molecule has 0 saturated heterocycles. The molecule has 0 amide bonds. The minimum Gasteiger partial charge on any atom is -0.381 e. The van der Waals surface area contributed by atoms with Crippen molar-refractivity contribution in [2.45, 2.75) is 13.8 Å². The second-order valence-corrected chi connectivity index (χ2v) is 2.90. The third-order valence-electron chi connectivity index (χ3n) is 1.43. The number of hydrogen-bond acceptors (Lipinski definition) is 1. The first-order chi connectivity index (χ1) is 4.68. The Labute approximate surface area is 68.0 Å². The molecule has 0 saturated carbocycles. The normalized spacial score (nSPS) is 16.3. The molecule has 0 bridgehead atoms. The maximum atomic E-state index is 5.69. The minimum atomic E-state index is -0.0580. The maximum Gasteiger partial charge on any atom is 0.0565 e. The Morgan fingerprint density at radius 1 is 1.70 bits per heavy atom. The minimum absolute atomic E-state index is 0.0580. The van der Waals surface area contributed by atoms with Crippen LogP contribution in [0.2, 0.25) is 0 Å². The van der Waals surface area contributed by atoms with Crippen molar-refractivity contribution >= 4 is 11.6 Å². The highest BCUT2D eigenvalue weighted by atomic mass is 35.5. The molecule has 0 heterocycles. The molecule has 0 N–H and O–H groups in total. The van der Waals surface area contributed by atoms with Gasteiger partial charge in [0.2, 0.25) is 0 Å². The number of alkyl halides is 1. The Morgan fingerprint density at radius 2 is 2.30 bits per heavy atom. The predicted molar refractivity (Wildman–Crippen MR) is 45.5 cm³/mol.